The Balaban J connectivity index is 2.68. The summed E-state index contributed by atoms with van der Waals surface area (Å²) in [5.41, 5.74) is -0.698. The van der Waals surface area contributed by atoms with Gasteiger partial charge in [0.15, 0.2) is 0 Å². The maximum absolute atomic E-state index is 13.4. The van der Waals surface area contributed by atoms with Gasteiger partial charge in [-0.15, -0.1) is 0 Å². The highest BCUT2D eigenvalue weighted by molar-refractivity contribution is 5.69. The minimum absolute atomic E-state index is 0.0652. The zero-order valence-corrected chi connectivity index (χ0v) is 11.1. The van der Waals surface area contributed by atoms with Crippen molar-refractivity contribution in [1.82, 2.24) is 4.90 Å². The van der Waals surface area contributed by atoms with E-state index in [1.54, 1.807) is 20.8 Å². The van der Waals surface area contributed by atoms with Crippen LogP contribution in [-0.2, 0) is 4.74 Å². The van der Waals surface area contributed by atoms with Crippen molar-refractivity contribution in [3.05, 3.63) is 0 Å². The van der Waals surface area contributed by atoms with E-state index in [0.717, 1.165) is 4.90 Å². The normalized spacial score (nSPS) is 23.2. The van der Waals surface area contributed by atoms with Crippen molar-refractivity contribution >= 4 is 6.09 Å². The molecule has 1 fully saturated rings. The molecule has 1 atom stereocenters. The van der Waals surface area contributed by atoms with E-state index in [9.17, 15) is 13.6 Å². The summed E-state index contributed by atoms with van der Waals surface area (Å²) in [7, 11) is 0. The van der Waals surface area contributed by atoms with E-state index in [4.69, 9.17) is 9.84 Å². The molecule has 6 heteroatoms. The van der Waals surface area contributed by atoms with E-state index >= 15 is 0 Å². The van der Waals surface area contributed by atoms with E-state index in [1.165, 1.54) is 0 Å². The molecular weight excluding hydrogens is 244 g/mol. The van der Waals surface area contributed by atoms with Crippen molar-refractivity contribution in [3.63, 3.8) is 0 Å². The molecule has 0 aromatic rings. The molecule has 0 spiro atoms. The van der Waals surface area contributed by atoms with E-state index in [0.29, 0.717) is 12.8 Å². The van der Waals surface area contributed by atoms with Crippen LogP contribution in [0.1, 0.15) is 40.0 Å². The summed E-state index contributed by atoms with van der Waals surface area (Å²) in [5.74, 6) is -2.86. The first-order valence-corrected chi connectivity index (χ1v) is 6.13. The van der Waals surface area contributed by atoms with Gasteiger partial charge in [-0.05, 0) is 33.6 Å². The van der Waals surface area contributed by atoms with Crippen molar-refractivity contribution < 1.29 is 23.4 Å². The zero-order valence-electron chi connectivity index (χ0n) is 11.1. The topological polar surface area (TPSA) is 49.8 Å². The van der Waals surface area contributed by atoms with Crippen LogP contribution in [0.2, 0.25) is 0 Å². The Morgan fingerprint density at radius 3 is 2.61 bits per heavy atom. The van der Waals surface area contributed by atoms with Crippen LogP contribution >= 0.6 is 0 Å². The summed E-state index contributed by atoms with van der Waals surface area (Å²) in [6.45, 7) is 4.42. The third-order valence-electron chi connectivity index (χ3n) is 2.70. The van der Waals surface area contributed by atoms with Crippen LogP contribution in [0.4, 0.5) is 13.6 Å². The molecule has 1 aliphatic heterocycles. The van der Waals surface area contributed by atoms with Crippen molar-refractivity contribution in [2.75, 3.05) is 13.2 Å². The van der Waals surface area contributed by atoms with Crippen molar-refractivity contribution in [1.29, 1.82) is 0 Å². The number of likely N-dealkylation sites (tertiary alicyclic amines) is 1. The molecule has 1 amide bonds. The molecule has 0 aliphatic carbocycles. The molecule has 1 heterocycles. The summed E-state index contributed by atoms with van der Waals surface area (Å²) in [4.78, 5) is 12.9. The van der Waals surface area contributed by atoms with E-state index in [1.807, 2.05) is 0 Å². The molecule has 0 aromatic carbocycles. The molecule has 0 saturated carbocycles. The fourth-order valence-corrected chi connectivity index (χ4v) is 2.02. The van der Waals surface area contributed by atoms with E-state index < -0.39 is 30.2 Å². The Morgan fingerprint density at radius 1 is 1.50 bits per heavy atom. The van der Waals surface area contributed by atoms with Gasteiger partial charge in [0.1, 0.15) is 5.60 Å². The maximum atomic E-state index is 13.4. The number of hydrogen-bond donors (Lipinski definition) is 1. The zero-order chi connectivity index (χ0) is 14.0. The van der Waals surface area contributed by atoms with Crippen molar-refractivity contribution in [2.45, 2.75) is 57.6 Å². The Kier molecular flexibility index (Phi) is 4.53. The number of rotatable bonds is 3. The first-order chi connectivity index (χ1) is 8.14. The number of aliphatic hydroxyl groups excluding tert-OH is 1. The minimum atomic E-state index is -2.86. The monoisotopic (exact) mass is 265 g/mol. The first-order valence-electron chi connectivity index (χ1n) is 6.13. The van der Waals surface area contributed by atoms with Gasteiger partial charge < -0.3 is 9.84 Å². The lowest BCUT2D eigenvalue weighted by Crippen LogP contribution is -2.40. The van der Waals surface area contributed by atoms with Crippen LogP contribution in [0.15, 0.2) is 0 Å². The molecule has 18 heavy (non-hydrogen) atoms. The summed E-state index contributed by atoms with van der Waals surface area (Å²) in [6.07, 6.45) is -0.292. The average Bonchev–Trinajstić information content (AvgIpc) is 2.48. The van der Waals surface area contributed by atoms with Crippen LogP contribution in [-0.4, -0.2) is 46.8 Å². The van der Waals surface area contributed by atoms with Crippen LogP contribution in [0, 0.1) is 0 Å². The quantitative estimate of drug-likeness (QED) is 0.852. The standard InChI is InChI=1S/C12H21F2NO3/c1-11(2,3)18-10(17)15-8-12(13,14)7-9(15)5-4-6-16/h9,16H,4-8H2,1-3H3/t9-/m1/s1. The number of alkyl halides is 2. The Hall–Kier alpha value is -0.910. The highest BCUT2D eigenvalue weighted by Crippen LogP contribution is 2.34. The number of nitrogens with zero attached hydrogens (tertiary/aromatic N) is 1. The summed E-state index contributed by atoms with van der Waals surface area (Å²) in [6, 6.07) is -0.554. The minimum Gasteiger partial charge on any atom is -0.444 e. The van der Waals surface area contributed by atoms with Gasteiger partial charge in [0.2, 0.25) is 0 Å². The lowest BCUT2D eigenvalue weighted by Gasteiger charge is -2.28. The van der Waals surface area contributed by atoms with Gasteiger partial charge in [0.25, 0.3) is 5.92 Å². The molecule has 106 valence electrons. The Bertz CT molecular complexity index is 302. The van der Waals surface area contributed by atoms with E-state index in [-0.39, 0.29) is 13.0 Å². The summed E-state index contributed by atoms with van der Waals surface area (Å²) < 4.78 is 31.8. The van der Waals surface area contributed by atoms with Crippen molar-refractivity contribution in [3.8, 4) is 0 Å². The third-order valence-corrected chi connectivity index (χ3v) is 2.70. The predicted octanol–water partition coefficient (Wildman–Crippen LogP) is 2.40. The fraction of sp³-hybridized carbons (Fsp3) is 0.917. The van der Waals surface area contributed by atoms with E-state index in [2.05, 4.69) is 0 Å². The van der Waals surface area contributed by atoms with Crippen LogP contribution in [0.25, 0.3) is 0 Å². The Morgan fingerprint density at radius 2 is 2.11 bits per heavy atom. The molecule has 0 bridgehead atoms. The number of hydrogen-bond acceptors (Lipinski definition) is 3. The van der Waals surface area contributed by atoms with Gasteiger partial charge in [-0.25, -0.2) is 13.6 Å². The van der Waals surface area contributed by atoms with Crippen LogP contribution in [0.5, 0.6) is 0 Å². The smallest absolute Gasteiger partial charge is 0.410 e. The molecule has 1 N–H and O–H groups in total. The largest absolute Gasteiger partial charge is 0.444 e. The molecule has 4 nitrogen and oxygen atoms in total. The number of ether oxygens (including phenoxy) is 1. The summed E-state index contributed by atoms with van der Waals surface area (Å²) >= 11 is 0. The molecule has 1 rings (SSSR count). The second-order valence-corrected chi connectivity index (χ2v) is 5.69. The lowest BCUT2D eigenvalue weighted by atomic mass is 10.1. The van der Waals surface area contributed by atoms with Gasteiger partial charge in [-0.3, -0.25) is 4.90 Å². The lowest BCUT2D eigenvalue weighted by molar-refractivity contribution is -0.00250. The second kappa shape index (κ2) is 5.38. The average molecular weight is 265 g/mol. The number of halogens is 2. The highest BCUT2D eigenvalue weighted by atomic mass is 19.3. The van der Waals surface area contributed by atoms with Crippen molar-refractivity contribution in [2.24, 2.45) is 0 Å². The molecule has 0 aromatic heterocycles. The second-order valence-electron chi connectivity index (χ2n) is 5.69. The predicted molar refractivity (Wildman–Crippen MR) is 62.6 cm³/mol. The van der Waals surface area contributed by atoms with Gasteiger partial charge in [0, 0.05) is 19.1 Å². The van der Waals surface area contributed by atoms with Crippen LogP contribution < -0.4 is 0 Å². The van der Waals surface area contributed by atoms with Gasteiger partial charge >= 0.3 is 6.09 Å². The Labute approximate surface area is 106 Å². The number of aliphatic hydroxyl groups is 1. The first kappa shape index (κ1) is 15.1. The number of carbonyl (C=O) groups is 1. The molecule has 1 saturated heterocycles. The van der Waals surface area contributed by atoms with Gasteiger partial charge in [-0.1, -0.05) is 0 Å². The SMILES string of the molecule is CC(C)(C)OC(=O)N1CC(F)(F)C[C@H]1CCCO. The maximum Gasteiger partial charge on any atom is 0.410 e. The van der Waals surface area contributed by atoms with Gasteiger partial charge in [0.05, 0.1) is 6.54 Å². The molecule has 0 unspecified atom stereocenters. The highest BCUT2D eigenvalue weighted by Gasteiger charge is 2.47. The summed E-state index contributed by atoms with van der Waals surface area (Å²) in [5, 5.41) is 8.75. The number of carbonyl (C=O) groups excluding carboxylic acids is 1. The molecule has 1 aliphatic rings. The number of amides is 1. The fourth-order valence-electron chi connectivity index (χ4n) is 2.02. The van der Waals surface area contributed by atoms with Gasteiger partial charge in [-0.2, -0.15) is 0 Å². The van der Waals surface area contributed by atoms with Crippen LogP contribution in [0.3, 0.4) is 0 Å². The molecule has 0 radical (unpaired) electrons. The third kappa shape index (κ3) is 4.40. The molecular formula is C12H21F2NO3.